The van der Waals surface area contributed by atoms with E-state index in [2.05, 4.69) is 0 Å². The number of nitro groups is 2. The molecule has 0 aliphatic carbocycles. The number of benzene rings is 1. The molecule has 20 heavy (non-hydrogen) atoms. The maximum absolute atomic E-state index is 11.6. The molecule has 1 aliphatic rings. The third-order valence-corrected chi connectivity index (χ3v) is 2.92. The van der Waals surface area contributed by atoms with E-state index in [9.17, 15) is 29.8 Å². The normalized spacial score (nSPS) is 18.4. The second-order valence-electron chi connectivity index (χ2n) is 4.06. The van der Waals surface area contributed by atoms with Gasteiger partial charge in [-0.2, -0.15) is 5.06 Å². The highest BCUT2D eigenvalue weighted by atomic mass is 16.6. The van der Waals surface area contributed by atoms with Crippen LogP contribution in [0.2, 0.25) is 0 Å². The van der Waals surface area contributed by atoms with Gasteiger partial charge in [-0.1, -0.05) is 0 Å². The van der Waals surface area contributed by atoms with Gasteiger partial charge in [0.2, 0.25) is 0 Å². The lowest BCUT2D eigenvalue weighted by Crippen LogP contribution is -2.26. The molecule has 2 rings (SSSR count). The van der Waals surface area contributed by atoms with Crippen LogP contribution in [-0.4, -0.2) is 31.9 Å². The molecule has 0 saturated carbocycles. The van der Waals surface area contributed by atoms with Crippen molar-refractivity contribution in [1.82, 2.24) is 5.06 Å². The molecule has 1 unspecified atom stereocenters. The van der Waals surface area contributed by atoms with Gasteiger partial charge >= 0.3 is 0 Å². The van der Waals surface area contributed by atoms with Crippen molar-refractivity contribution in [3.05, 3.63) is 44.0 Å². The van der Waals surface area contributed by atoms with E-state index in [1.807, 2.05) is 0 Å². The zero-order valence-corrected chi connectivity index (χ0v) is 9.75. The summed E-state index contributed by atoms with van der Waals surface area (Å²) in [6.07, 6.45) is -0.423. The second kappa shape index (κ2) is 4.66. The quantitative estimate of drug-likeness (QED) is 0.372. The Balaban J connectivity index is 2.52. The van der Waals surface area contributed by atoms with Gasteiger partial charge in [0.25, 0.3) is 23.2 Å². The van der Waals surface area contributed by atoms with Crippen molar-refractivity contribution in [2.24, 2.45) is 0 Å². The summed E-state index contributed by atoms with van der Waals surface area (Å²) in [7, 11) is 0. The maximum atomic E-state index is 11.6. The maximum Gasteiger partial charge on any atom is 0.280 e. The molecule has 0 radical (unpaired) electrons. The Morgan fingerprint density at radius 3 is 2.30 bits per heavy atom. The van der Waals surface area contributed by atoms with Crippen LogP contribution in [0.3, 0.4) is 0 Å². The van der Waals surface area contributed by atoms with Crippen molar-refractivity contribution in [2.75, 3.05) is 0 Å². The summed E-state index contributed by atoms with van der Waals surface area (Å²) in [6, 6.07) is 2.76. The second-order valence-corrected chi connectivity index (χ2v) is 4.06. The van der Waals surface area contributed by atoms with Crippen LogP contribution < -0.4 is 0 Å². The molecule has 1 saturated heterocycles. The predicted molar refractivity (Wildman–Crippen MR) is 60.7 cm³/mol. The van der Waals surface area contributed by atoms with Crippen LogP contribution in [0.4, 0.5) is 11.4 Å². The van der Waals surface area contributed by atoms with E-state index >= 15 is 0 Å². The van der Waals surface area contributed by atoms with Gasteiger partial charge in [0.15, 0.2) is 0 Å². The van der Waals surface area contributed by atoms with Crippen molar-refractivity contribution in [1.29, 1.82) is 0 Å². The van der Waals surface area contributed by atoms with Crippen LogP contribution in [0.5, 0.6) is 0 Å². The van der Waals surface area contributed by atoms with Crippen LogP contribution >= 0.6 is 0 Å². The van der Waals surface area contributed by atoms with Gasteiger partial charge in [0.1, 0.15) is 0 Å². The third-order valence-electron chi connectivity index (χ3n) is 2.92. The molecule has 1 atom stereocenters. The number of imide groups is 1. The zero-order valence-electron chi connectivity index (χ0n) is 9.75. The summed E-state index contributed by atoms with van der Waals surface area (Å²) in [5.74, 6) is -3.09. The van der Waals surface area contributed by atoms with Crippen LogP contribution in [-0.2, 0) is 9.59 Å². The number of carbonyl (C=O) groups excluding carboxylic acids is 2. The highest BCUT2D eigenvalue weighted by molar-refractivity contribution is 6.05. The molecule has 10 nitrogen and oxygen atoms in total. The van der Waals surface area contributed by atoms with E-state index in [1.165, 1.54) is 0 Å². The molecule has 1 N–H and O–H groups in total. The van der Waals surface area contributed by atoms with Gasteiger partial charge in [-0.25, -0.2) is 0 Å². The van der Waals surface area contributed by atoms with Crippen LogP contribution in [0.25, 0.3) is 0 Å². The topological polar surface area (TPSA) is 144 Å². The largest absolute Gasteiger partial charge is 0.280 e. The van der Waals surface area contributed by atoms with E-state index in [1.54, 1.807) is 0 Å². The summed E-state index contributed by atoms with van der Waals surface area (Å²) in [5, 5.41) is 30.5. The molecule has 10 heteroatoms. The number of carbonyl (C=O) groups is 2. The lowest BCUT2D eigenvalue weighted by Gasteiger charge is -2.08. The van der Waals surface area contributed by atoms with Crippen molar-refractivity contribution < 1.29 is 24.6 Å². The summed E-state index contributed by atoms with van der Waals surface area (Å²) in [6.45, 7) is 0. The fourth-order valence-electron chi connectivity index (χ4n) is 1.96. The lowest BCUT2D eigenvalue weighted by atomic mass is 9.95. The van der Waals surface area contributed by atoms with Crippen molar-refractivity contribution in [3.8, 4) is 0 Å². The number of hydrogen-bond donors (Lipinski definition) is 1. The summed E-state index contributed by atoms with van der Waals surface area (Å²) < 4.78 is 0. The zero-order chi connectivity index (χ0) is 15.0. The van der Waals surface area contributed by atoms with Gasteiger partial charge in [0.05, 0.1) is 21.8 Å². The molecule has 0 aromatic heterocycles. The predicted octanol–water partition coefficient (Wildman–Crippen LogP) is 0.735. The Kier molecular flexibility index (Phi) is 3.16. The molecule has 2 amide bonds. The molecule has 0 spiro atoms. The molecule has 104 valence electrons. The highest BCUT2D eigenvalue weighted by Crippen LogP contribution is 2.36. The lowest BCUT2D eigenvalue weighted by molar-refractivity contribution is -0.394. The van der Waals surface area contributed by atoms with E-state index < -0.39 is 45.4 Å². The molecule has 1 fully saturated rings. The molecule has 1 aromatic rings. The van der Waals surface area contributed by atoms with Gasteiger partial charge in [-0.15, -0.1) is 0 Å². The fraction of sp³-hybridized carbons (Fsp3) is 0.200. The summed E-state index contributed by atoms with van der Waals surface area (Å²) in [5.41, 5.74) is -1.28. The Labute approximate surface area is 110 Å². The van der Waals surface area contributed by atoms with Crippen molar-refractivity contribution in [3.63, 3.8) is 0 Å². The smallest absolute Gasteiger partial charge is 0.278 e. The first-order chi connectivity index (χ1) is 9.32. The average Bonchev–Trinajstić information content (AvgIpc) is 2.65. The number of hydrogen-bond acceptors (Lipinski definition) is 7. The first kappa shape index (κ1) is 13.5. The standard InChI is InChI=1S/C10H7N3O7/c14-9-4-7(10(15)11(9)16)6-2-1-5(12(17)18)3-8(6)13(19)20/h1-3,7,16H,4H2. The third kappa shape index (κ3) is 2.07. The Bertz CT molecular complexity index is 642. The molecule has 1 heterocycles. The number of rotatable bonds is 3. The highest BCUT2D eigenvalue weighted by Gasteiger charge is 2.42. The monoisotopic (exact) mass is 281 g/mol. The van der Waals surface area contributed by atoms with Crippen molar-refractivity contribution >= 4 is 23.2 Å². The minimum atomic E-state index is -1.21. The van der Waals surface area contributed by atoms with Crippen LogP contribution in [0, 0.1) is 20.2 Å². The Morgan fingerprint density at radius 1 is 1.20 bits per heavy atom. The number of non-ortho nitro benzene ring substituents is 1. The van der Waals surface area contributed by atoms with E-state index in [0.717, 1.165) is 12.1 Å². The van der Waals surface area contributed by atoms with Crippen molar-refractivity contribution in [2.45, 2.75) is 12.3 Å². The Hall–Kier alpha value is -2.88. The number of hydroxylamine groups is 2. The van der Waals surface area contributed by atoms with E-state index in [-0.39, 0.29) is 10.6 Å². The molecule has 1 aliphatic heterocycles. The summed E-state index contributed by atoms with van der Waals surface area (Å²) in [4.78, 5) is 42.7. The molecule has 0 bridgehead atoms. The number of nitrogens with zero attached hydrogens (tertiary/aromatic N) is 3. The van der Waals surface area contributed by atoms with E-state index in [0.29, 0.717) is 6.07 Å². The van der Waals surface area contributed by atoms with Gasteiger partial charge in [-0.3, -0.25) is 35.0 Å². The SMILES string of the molecule is O=C1CC(c2ccc([N+](=O)[O-])cc2[N+](=O)[O-])C(=O)N1O. The van der Waals surface area contributed by atoms with Crippen LogP contribution in [0.1, 0.15) is 17.9 Å². The van der Waals surface area contributed by atoms with Crippen LogP contribution in [0.15, 0.2) is 18.2 Å². The van der Waals surface area contributed by atoms with Gasteiger partial charge in [0, 0.05) is 18.1 Å². The first-order valence-corrected chi connectivity index (χ1v) is 5.31. The minimum Gasteiger partial charge on any atom is -0.278 e. The molecular formula is C10H7N3O7. The number of amides is 2. The van der Waals surface area contributed by atoms with E-state index in [4.69, 9.17) is 5.21 Å². The van der Waals surface area contributed by atoms with Gasteiger partial charge < -0.3 is 0 Å². The minimum absolute atomic E-state index is 0.101. The molecule has 1 aromatic carbocycles. The fourth-order valence-corrected chi connectivity index (χ4v) is 1.96. The first-order valence-electron chi connectivity index (χ1n) is 5.31. The number of nitro benzene ring substituents is 2. The Morgan fingerprint density at radius 2 is 1.85 bits per heavy atom. The van der Waals surface area contributed by atoms with Gasteiger partial charge in [-0.05, 0) is 6.07 Å². The molecular weight excluding hydrogens is 274 g/mol. The average molecular weight is 281 g/mol. The summed E-state index contributed by atoms with van der Waals surface area (Å²) >= 11 is 0.